The van der Waals surface area contributed by atoms with E-state index in [-0.39, 0.29) is 0 Å². The summed E-state index contributed by atoms with van der Waals surface area (Å²) in [5.74, 6) is 0.580. The summed E-state index contributed by atoms with van der Waals surface area (Å²) in [7, 11) is 1.97. The molecule has 1 N–H and O–H groups in total. The van der Waals surface area contributed by atoms with Gasteiger partial charge in [-0.3, -0.25) is 4.68 Å². The zero-order valence-corrected chi connectivity index (χ0v) is 13.6. The molecule has 0 saturated carbocycles. The molecule has 2 rings (SSSR count). The number of benzene rings is 1. The van der Waals surface area contributed by atoms with Crippen molar-refractivity contribution >= 4 is 0 Å². The Labute approximate surface area is 128 Å². The summed E-state index contributed by atoms with van der Waals surface area (Å²) in [6.07, 6.45) is 4.08. The minimum Gasteiger partial charge on any atom is -0.310 e. The number of rotatable bonds is 7. The van der Waals surface area contributed by atoms with E-state index in [0.717, 1.165) is 25.1 Å². The van der Waals surface area contributed by atoms with Crippen LogP contribution in [0.5, 0.6) is 0 Å². The predicted octanol–water partition coefficient (Wildman–Crippen LogP) is 3.83. The van der Waals surface area contributed by atoms with Crippen LogP contribution in [-0.4, -0.2) is 16.3 Å². The molecule has 1 heterocycles. The van der Waals surface area contributed by atoms with E-state index in [2.05, 4.69) is 61.5 Å². The average Bonchev–Trinajstić information content (AvgIpc) is 2.89. The molecule has 0 radical (unpaired) electrons. The highest BCUT2D eigenvalue weighted by Crippen LogP contribution is 2.21. The molecule has 0 saturated heterocycles. The third-order valence-corrected chi connectivity index (χ3v) is 3.83. The summed E-state index contributed by atoms with van der Waals surface area (Å²) in [5.41, 5.74) is 3.88. The van der Waals surface area contributed by atoms with Crippen molar-refractivity contribution in [3.8, 4) is 0 Å². The molecule has 0 bridgehead atoms. The molecule has 0 aliphatic carbocycles. The molecule has 1 unspecified atom stereocenters. The van der Waals surface area contributed by atoms with Crippen molar-refractivity contribution < 1.29 is 0 Å². The van der Waals surface area contributed by atoms with Crippen molar-refractivity contribution in [3.05, 3.63) is 53.3 Å². The lowest BCUT2D eigenvalue weighted by atomic mass is 9.97. The predicted molar refractivity (Wildman–Crippen MR) is 88.5 cm³/mol. The van der Waals surface area contributed by atoms with Crippen LogP contribution in [0.1, 0.15) is 56.0 Å². The van der Waals surface area contributed by atoms with Gasteiger partial charge < -0.3 is 5.32 Å². The Hall–Kier alpha value is -1.61. The van der Waals surface area contributed by atoms with Gasteiger partial charge in [-0.1, -0.05) is 45.0 Å². The Kier molecular flexibility index (Phi) is 5.57. The summed E-state index contributed by atoms with van der Waals surface area (Å²) < 4.78 is 1.87. The number of nitrogens with zero attached hydrogens (tertiary/aromatic N) is 2. The summed E-state index contributed by atoms with van der Waals surface area (Å²) in [6.45, 7) is 7.70. The standard InChI is InChI=1S/C18H27N3/c1-5-11-19-18(13-17-10-12-21(4)20-17)16-8-6-15(7-9-16)14(2)3/h6-10,12,14,18-19H,5,11,13H2,1-4H3. The fourth-order valence-electron chi connectivity index (χ4n) is 2.52. The van der Waals surface area contributed by atoms with Crippen molar-refractivity contribution in [2.45, 2.75) is 45.6 Å². The minimum atomic E-state index is 0.334. The van der Waals surface area contributed by atoms with E-state index in [0.29, 0.717) is 12.0 Å². The molecule has 0 fully saturated rings. The van der Waals surface area contributed by atoms with E-state index in [1.165, 1.54) is 11.1 Å². The zero-order chi connectivity index (χ0) is 15.2. The third kappa shape index (κ3) is 4.43. The Morgan fingerprint density at radius 1 is 1.10 bits per heavy atom. The molecular formula is C18H27N3. The van der Waals surface area contributed by atoms with Crippen LogP contribution in [0.15, 0.2) is 36.5 Å². The van der Waals surface area contributed by atoms with E-state index in [1.54, 1.807) is 0 Å². The van der Waals surface area contributed by atoms with Gasteiger partial charge >= 0.3 is 0 Å². The van der Waals surface area contributed by atoms with Crippen LogP contribution in [0.2, 0.25) is 0 Å². The van der Waals surface area contributed by atoms with Crippen LogP contribution in [0.3, 0.4) is 0 Å². The van der Waals surface area contributed by atoms with Gasteiger partial charge in [0.2, 0.25) is 0 Å². The van der Waals surface area contributed by atoms with Gasteiger partial charge in [-0.05, 0) is 36.1 Å². The number of aromatic nitrogens is 2. The maximum absolute atomic E-state index is 4.51. The highest BCUT2D eigenvalue weighted by atomic mass is 15.2. The normalized spacial score (nSPS) is 12.8. The first-order valence-electron chi connectivity index (χ1n) is 7.92. The molecule has 0 amide bonds. The maximum atomic E-state index is 4.51. The minimum absolute atomic E-state index is 0.334. The van der Waals surface area contributed by atoms with Crippen LogP contribution < -0.4 is 5.32 Å². The Morgan fingerprint density at radius 3 is 2.29 bits per heavy atom. The van der Waals surface area contributed by atoms with Gasteiger partial charge in [0.15, 0.2) is 0 Å². The highest BCUT2D eigenvalue weighted by Gasteiger charge is 2.13. The molecule has 2 aromatic rings. The molecule has 0 spiro atoms. The molecule has 0 aliphatic rings. The molecule has 21 heavy (non-hydrogen) atoms. The summed E-state index contributed by atoms with van der Waals surface area (Å²) in [6, 6.07) is 11.4. The van der Waals surface area contributed by atoms with Gasteiger partial charge in [-0.2, -0.15) is 5.10 Å². The average molecular weight is 285 g/mol. The quantitative estimate of drug-likeness (QED) is 0.838. The van der Waals surface area contributed by atoms with Gasteiger partial charge in [0, 0.05) is 25.7 Å². The van der Waals surface area contributed by atoms with Gasteiger partial charge in [0.05, 0.1) is 5.69 Å². The third-order valence-electron chi connectivity index (χ3n) is 3.83. The van der Waals surface area contributed by atoms with Gasteiger partial charge in [-0.15, -0.1) is 0 Å². The number of nitrogens with one attached hydrogen (secondary N) is 1. The summed E-state index contributed by atoms with van der Waals surface area (Å²) >= 11 is 0. The number of hydrogen-bond donors (Lipinski definition) is 1. The van der Waals surface area contributed by atoms with Gasteiger partial charge in [-0.25, -0.2) is 0 Å². The second kappa shape index (κ2) is 7.41. The molecule has 3 heteroatoms. The molecule has 3 nitrogen and oxygen atoms in total. The van der Waals surface area contributed by atoms with Crippen LogP contribution in [-0.2, 0) is 13.5 Å². The fraction of sp³-hybridized carbons (Fsp3) is 0.500. The first kappa shape index (κ1) is 15.8. The highest BCUT2D eigenvalue weighted by molar-refractivity contribution is 5.27. The topological polar surface area (TPSA) is 29.9 Å². The number of aryl methyl sites for hydroxylation is 1. The molecular weight excluding hydrogens is 258 g/mol. The summed E-state index contributed by atoms with van der Waals surface area (Å²) in [5, 5.41) is 8.15. The van der Waals surface area contributed by atoms with E-state index < -0.39 is 0 Å². The summed E-state index contributed by atoms with van der Waals surface area (Å²) in [4.78, 5) is 0. The molecule has 1 atom stereocenters. The van der Waals surface area contributed by atoms with Crippen molar-refractivity contribution in [1.29, 1.82) is 0 Å². The molecule has 114 valence electrons. The van der Waals surface area contributed by atoms with E-state index in [1.807, 2.05) is 17.9 Å². The first-order chi connectivity index (χ1) is 10.1. The van der Waals surface area contributed by atoms with Crippen molar-refractivity contribution in [3.63, 3.8) is 0 Å². The Bertz CT molecular complexity index is 540. The second-order valence-electron chi connectivity index (χ2n) is 6.01. The molecule has 1 aromatic carbocycles. The van der Waals surface area contributed by atoms with E-state index >= 15 is 0 Å². The number of hydrogen-bond acceptors (Lipinski definition) is 2. The lowest BCUT2D eigenvalue weighted by molar-refractivity contribution is 0.521. The largest absolute Gasteiger partial charge is 0.310 e. The van der Waals surface area contributed by atoms with Gasteiger partial charge in [0.1, 0.15) is 0 Å². The lowest BCUT2D eigenvalue weighted by Crippen LogP contribution is -2.24. The Balaban J connectivity index is 2.14. The first-order valence-corrected chi connectivity index (χ1v) is 7.92. The smallest absolute Gasteiger partial charge is 0.0643 e. The Morgan fingerprint density at radius 2 is 1.76 bits per heavy atom. The second-order valence-corrected chi connectivity index (χ2v) is 6.01. The van der Waals surface area contributed by atoms with Crippen LogP contribution >= 0.6 is 0 Å². The molecule has 0 aliphatic heterocycles. The van der Waals surface area contributed by atoms with Crippen LogP contribution in [0.4, 0.5) is 0 Å². The lowest BCUT2D eigenvalue weighted by Gasteiger charge is -2.19. The van der Waals surface area contributed by atoms with E-state index in [4.69, 9.17) is 0 Å². The SMILES string of the molecule is CCCNC(Cc1ccn(C)n1)c1ccc(C(C)C)cc1. The fourth-order valence-corrected chi connectivity index (χ4v) is 2.52. The van der Waals surface area contributed by atoms with Crippen molar-refractivity contribution in [2.75, 3.05) is 6.54 Å². The van der Waals surface area contributed by atoms with Gasteiger partial charge in [0.25, 0.3) is 0 Å². The van der Waals surface area contributed by atoms with Crippen molar-refractivity contribution in [2.24, 2.45) is 7.05 Å². The van der Waals surface area contributed by atoms with Crippen molar-refractivity contribution in [1.82, 2.24) is 15.1 Å². The molecule has 1 aromatic heterocycles. The van der Waals surface area contributed by atoms with Crippen LogP contribution in [0.25, 0.3) is 0 Å². The van der Waals surface area contributed by atoms with E-state index in [9.17, 15) is 0 Å². The zero-order valence-electron chi connectivity index (χ0n) is 13.6. The van der Waals surface area contributed by atoms with Crippen LogP contribution in [0, 0.1) is 0 Å². The maximum Gasteiger partial charge on any atom is 0.0643 e. The monoisotopic (exact) mass is 285 g/mol.